The van der Waals surface area contributed by atoms with Gasteiger partial charge in [0.2, 0.25) is 0 Å². The van der Waals surface area contributed by atoms with Gasteiger partial charge in [-0.25, -0.2) is 14.1 Å². The highest BCUT2D eigenvalue weighted by Gasteiger charge is 2.27. The Morgan fingerprint density at radius 3 is 2.44 bits per heavy atom. The number of aromatic nitrogens is 2. The molecule has 0 saturated carbocycles. The van der Waals surface area contributed by atoms with Crippen molar-refractivity contribution in [2.45, 2.75) is 25.8 Å². The Hall–Kier alpha value is -2.66. The molecule has 0 N–H and O–H groups in total. The minimum absolute atomic E-state index is 0.213. The summed E-state index contributed by atoms with van der Waals surface area (Å²) in [7, 11) is 0. The summed E-state index contributed by atoms with van der Waals surface area (Å²) in [5.74, 6) is 0.402. The smallest absolute Gasteiger partial charge is 0.190 e. The number of halogens is 2. The summed E-state index contributed by atoms with van der Waals surface area (Å²) in [5, 5.41) is 5.40. The first-order valence-corrected chi connectivity index (χ1v) is 9.09. The van der Waals surface area contributed by atoms with E-state index in [-0.39, 0.29) is 11.4 Å². The molecule has 0 amide bonds. The van der Waals surface area contributed by atoms with Gasteiger partial charge in [0.1, 0.15) is 12.4 Å². The Morgan fingerprint density at radius 1 is 1.11 bits per heavy atom. The SMILES string of the molecule is CC1(C)COC(Cc2nn(-c3ccc(F)cc3)cc2-c2ccc(Cl)cc2)=N1. The van der Waals surface area contributed by atoms with Crippen molar-refractivity contribution in [2.75, 3.05) is 6.61 Å². The Morgan fingerprint density at radius 2 is 1.81 bits per heavy atom. The van der Waals surface area contributed by atoms with Crippen molar-refractivity contribution in [3.05, 3.63) is 71.3 Å². The fraction of sp³-hybridized carbons (Fsp3) is 0.238. The van der Waals surface area contributed by atoms with Crippen LogP contribution in [0.3, 0.4) is 0 Å². The molecule has 27 heavy (non-hydrogen) atoms. The summed E-state index contributed by atoms with van der Waals surface area (Å²) >= 11 is 6.03. The van der Waals surface area contributed by atoms with Crippen molar-refractivity contribution < 1.29 is 9.13 Å². The third-order valence-electron chi connectivity index (χ3n) is 4.38. The molecule has 0 bridgehead atoms. The first-order valence-electron chi connectivity index (χ1n) is 8.72. The number of hydrogen-bond donors (Lipinski definition) is 0. The van der Waals surface area contributed by atoms with E-state index >= 15 is 0 Å². The molecule has 2 heterocycles. The van der Waals surface area contributed by atoms with Gasteiger partial charge in [0, 0.05) is 16.8 Å². The molecule has 0 spiro atoms. The molecule has 0 radical (unpaired) electrons. The van der Waals surface area contributed by atoms with Crippen LogP contribution in [0, 0.1) is 5.82 Å². The topological polar surface area (TPSA) is 39.4 Å². The summed E-state index contributed by atoms with van der Waals surface area (Å²) in [6, 6.07) is 13.9. The molecular weight excluding hydrogens is 365 g/mol. The van der Waals surface area contributed by atoms with Gasteiger partial charge in [0.15, 0.2) is 5.90 Å². The van der Waals surface area contributed by atoms with Gasteiger partial charge >= 0.3 is 0 Å². The lowest BCUT2D eigenvalue weighted by Crippen LogP contribution is -2.17. The maximum absolute atomic E-state index is 13.3. The third-order valence-corrected chi connectivity index (χ3v) is 4.63. The normalized spacial score (nSPS) is 15.5. The van der Waals surface area contributed by atoms with E-state index in [1.54, 1.807) is 16.8 Å². The van der Waals surface area contributed by atoms with E-state index in [1.165, 1.54) is 12.1 Å². The van der Waals surface area contributed by atoms with E-state index in [1.807, 2.05) is 44.3 Å². The highest BCUT2D eigenvalue weighted by molar-refractivity contribution is 6.30. The number of ether oxygens (including phenoxy) is 1. The molecule has 138 valence electrons. The van der Waals surface area contributed by atoms with Crippen LogP contribution in [-0.2, 0) is 11.2 Å². The second kappa shape index (κ2) is 6.82. The van der Waals surface area contributed by atoms with Gasteiger partial charge in [0.25, 0.3) is 0 Å². The standard InChI is InChI=1S/C21H19ClFN3O/c1-21(2)13-27-20(24-21)11-19-18(14-3-5-15(22)6-4-14)12-26(25-19)17-9-7-16(23)8-10-17/h3-10,12H,11,13H2,1-2H3. The van der Waals surface area contributed by atoms with E-state index in [9.17, 15) is 4.39 Å². The quantitative estimate of drug-likeness (QED) is 0.630. The van der Waals surface area contributed by atoms with Crippen LogP contribution < -0.4 is 0 Å². The molecule has 0 fully saturated rings. The predicted octanol–water partition coefficient (Wildman–Crippen LogP) is 5.08. The summed E-state index contributed by atoms with van der Waals surface area (Å²) in [6.07, 6.45) is 2.43. The van der Waals surface area contributed by atoms with Gasteiger partial charge in [-0.2, -0.15) is 5.10 Å². The Bertz CT molecular complexity index is 991. The maximum Gasteiger partial charge on any atom is 0.190 e. The highest BCUT2D eigenvalue weighted by Crippen LogP contribution is 2.28. The summed E-state index contributed by atoms with van der Waals surface area (Å²) < 4.78 is 20.8. The van der Waals surface area contributed by atoms with E-state index in [0.717, 1.165) is 22.5 Å². The van der Waals surface area contributed by atoms with E-state index < -0.39 is 0 Å². The Balaban J connectivity index is 1.75. The van der Waals surface area contributed by atoms with Gasteiger partial charge in [-0.3, -0.25) is 0 Å². The summed E-state index contributed by atoms with van der Waals surface area (Å²) in [4.78, 5) is 4.63. The number of hydrogen-bond acceptors (Lipinski definition) is 3. The molecule has 1 aliphatic heterocycles. The fourth-order valence-corrected chi connectivity index (χ4v) is 3.16. The molecule has 0 aliphatic carbocycles. The van der Waals surface area contributed by atoms with E-state index in [4.69, 9.17) is 21.4 Å². The average molecular weight is 384 g/mol. The van der Waals surface area contributed by atoms with Crippen molar-refractivity contribution in [2.24, 2.45) is 4.99 Å². The lowest BCUT2D eigenvalue weighted by Gasteiger charge is -2.07. The van der Waals surface area contributed by atoms with Crippen molar-refractivity contribution in [1.82, 2.24) is 9.78 Å². The molecule has 0 unspecified atom stereocenters. The minimum Gasteiger partial charge on any atom is -0.478 e. The molecule has 3 aromatic rings. The number of aliphatic imine (C=N–C) groups is 1. The molecule has 4 nitrogen and oxygen atoms in total. The minimum atomic E-state index is -0.278. The molecule has 0 atom stereocenters. The van der Waals surface area contributed by atoms with Crippen LogP contribution in [0.4, 0.5) is 4.39 Å². The van der Waals surface area contributed by atoms with Crippen molar-refractivity contribution in [3.8, 4) is 16.8 Å². The van der Waals surface area contributed by atoms with Crippen LogP contribution in [0.15, 0.2) is 59.7 Å². The number of nitrogens with zero attached hydrogens (tertiary/aromatic N) is 3. The maximum atomic E-state index is 13.3. The molecule has 0 saturated heterocycles. The second-order valence-corrected chi connectivity index (χ2v) is 7.64. The van der Waals surface area contributed by atoms with Gasteiger partial charge in [0.05, 0.1) is 23.3 Å². The van der Waals surface area contributed by atoms with Crippen LogP contribution in [0.2, 0.25) is 5.02 Å². The Kier molecular flexibility index (Phi) is 4.48. The van der Waals surface area contributed by atoms with Gasteiger partial charge in [-0.05, 0) is 55.8 Å². The monoisotopic (exact) mass is 383 g/mol. The van der Waals surface area contributed by atoms with Crippen molar-refractivity contribution in [1.29, 1.82) is 0 Å². The molecule has 6 heteroatoms. The van der Waals surface area contributed by atoms with Crippen LogP contribution in [0.5, 0.6) is 0 Å². The number of benzene rings is 2. The molecule has 1 aromatic heterocycles. The fourth-order valence-electron chi connectivity index (χ4n) is 3.03. The summed E-state index contributed by atoms with van der Waals surface area (Å²) in [5.41, 5.74) is 3.38. The largest absolute Gasteiger partial charge is 0.478 e. The number of rotatable bonds is 4. The van der Waals surface area contributed by atoms with E-state index in [0.29, 0.717) is 23.9 Å². The lowest BCUT2D eigenvalue weighted by molar-refractivity contribution is 0.275. The van der Waals surface area contributed by atoms with Gasteiger partial charge in [-0.15, -0.1) is 0 Å². The Labute approximate surface area is 162 Å². The lowest BCUT2D eigenvalue weighted by atomic mass is 10.1. The van der Waals surface area contributed by atoms with Crippen molar-refractivity contribution >= 4 is 17.5 Å². The first-order chi connectivity index (χ1) is 12.9. The van der Waals surface area contributed by atoms with E-state index in [2.05, 4.69) is 4.99 Å². The van der Waals surface area contributed by atoms with Crippen LogP contribution in [-0.4, -0.2) is 27.8 Å². The molecular formula is C21H19ClFN3O. The zero-order valence-electron chi connectivity index (χ0n) is 15.1. The average Bonchev–Trinajstić information content (AvgIpc) is 3.20. The zero-order chi connectivity index (χ0) is 19.0. The van der Waals surface area contributed by atoms with Crippen LogP contribution in [0.25, 0.3) is 16.8 Å². The van der Waals surface area contributed by atoms with Crippen molar-refractivity contribution in [3.63, 3.8) is 0 Å². The first kappa shape index (κ1) is 17.7. The van der Waals surface area contributed by atoms with Crippen LogP contribution in [0.1, 0.15) is 19.5 Å². The zero-order valence-corrected chi connectivity index (χ0v) is 15.9. The third kappa shape index (κ3) is 3.88. The summed E-state index contributed by atoms with van der Waals surface area (Å²) in [6.45, 7) is 4.64. The molecule has 4 rings (SSSR count). The van der Waals surface area contributed by atoms with Crippen LogP contribution >= 0.6 is 11.6 Å². The predicted molar refractivity (Wildman–Crippen MR) is 105 cm³/mol. The van der Waals surface area contributed by atoms with Gasteiger partial charge < -0.3 is 4.74 Å². The molecule has 2 aromatic carbocycles. The highest BCUT2D eigenvalue weighted by atomic mass is 35.5. The second-order valence-electron chi connectivity index (χ2n) is 7.20. The molecule has 1 aliphatic rings. The van der Waals surface area contributed by atoms with Gasteiger partial charge in [-0.1, -0.05) is 23.7 Å².